The van der Waals surface area contributed by atoms with E-state index in [1.54, 1.807) is 0 Å². The van der Waals surface area contributed by atoms with Crippen molar-refractivity contribution in [3.63, 3.8) is 0 Å². The maximum atomic E-state index is 5.70. The molecule has 0 bridgehead atoms. The maximum absolute atomic E-state index is 5.70. The summed E-state index contributed by atoms with van der Waals surface area (Å²) in [6.07, 6.45) is 1.26. The molecule has 3 heteroatoms. The van der Waals surface area contributed by atoms with E-state index in [-0.39, 0.29) is 11.5 Å². The van der Waals surface area contributed by atoms with Crippen LogP contribution in [0, 0.1) is 5.41 Å². The van der Waals surface area contributed by atoms with E-state index in [1.165, 1.54) is 5.56 Å². The Hall–Kier alpha value is -1.06. The molecule has 1 aromatic carbocycles. The number of ether oxygens (including phenoxy) is 1. The summed E-state index contributed by atoms with van der Waals surface area (Å²) in [5.74, 6) is 0.941. The van der Waals surface area contributed by atoms with Gasteiger partial charge in [-0.15, -0.1) is 0 Å². The summed E-state index contributed by atoms with van der Waals surface area (Å²) in [6.45, 7) is 11.1. The molecule has 0 saturated carbocycles. The summed E-state index contributed by atoms with van der Waals surface area (Å²) in [6, 6.07) is 8.35. The average Bonchev–Trinajstić information content (AvgIpc) is 2.36. The molecule has 0 unspecified atom stereocenters. The van der Waals surface area contributed by atoms with E-state index < -0.39 is 0 Å². The predicted molar refractivity (Wildman–Crippen MR) is 81.6 cm³/mol. The van der Waals surface area contributed by atoms with Crippen LogP contribution >= 0.6 is 0 Å². The van der Waals surface area contributed by atoms with E-state index in [0.717, 1.165) is 25.3 Å². The highest BCUT2D eigenvalue weighted by Gasteiger charge is 2.13. The van der Waals surface area contributed by atoms with Crippen LogP contribution in [-0.4, -0.2) is 25.7 Å². The van der Waals surface area contributed by atoms with Crippen molar-refractivity contribution in [2.24, 2.45) is 11.1 Å². The third kappa shape index (κ3) is 6.60. The molecule has 19 heavy (non-hydrogen) atoms. The van der Waals surface area contributed by atoms with Crippen molar-refractivity contribution >= 4 is 0 Å². The molecule has 0 spiro atoms. The van der Waals surface area contributed by atoms with E-state index >= 15 is 0 Å². The summed E-state index contributed by atoms with van der Waals surface area (Å²) in [5.41, 5.74) is 7.21. The standard InChI is InChI=1S/C16H28N2O/c1-13(2)19-15-7-5-14(6-8-15)9-10-18-12-16(3,4)11-17/h5-8,13,18H,9-12,17H2,1-4H3. The van der Waals surface area contributed by atoms with Crippen LogP contribution in [-0.2, 0) is 6.42 Å². The topological polar surface area (TPSA) is 47.3 Å². The lowest BCUT2D eigenvalue weighted by Gasteiger charge is -2.22. The van der Waals surface area contributed by atoms with Gasteiger partial charge in [-0.25, -0.2) is 0 Å². The van der Waals surface area contributed by atoms with Gasteiger partial charge in [-0.3, -0.25) is 0 Å². The van der Waals surface area contributed by atoms with E-state index in [4.69, 9.17) is 10.5 Å². The minimum Gasteiger partial charge on any atom is -0.491 e. The zero-order valence-corrected chi connectivity index (χ0v) is 12.7. The average molecular weight is 264 g/mol. The second-order valence-electron chi connectivity index (χ2n) is 6.11. The third-order valence-electron chi connectivity index (χ3n) is 3.04. The predicted octanol–water partition coefficient (Wildman–Crippen LogP) is 2.59. The number of hydrogen-bond donors (Lipinski definition) is 2. The van der Waals surface area contributed by atoms with Gasteiger partial charge >= 0.3 is 0 Å². The smallest absolute Gasteiger partial charge is 0.119 e. The van der Waals surface area contributed by atoms with Crippen LogP contribution in [0.25, 0.3) is 0 Å². The Bertz CT molecular complexity index is 358. The van der Waals surface area contributed by atoms with Crippen LogP contribution in [0.1, 0.15) is 33.3 Å². The normalized spacial score (nSPS) is 11.9. The molecular formula is C16H28N2O. The molecule has 0 radical (unpaired) electrons. The summed E-state index contributed by atoms with van der Waals surface area (Å²) in [5, 5.41) is 3.46. The van der Waals surface area contributed by atoms with Gasteiger partial charge in [-0.2, -0.15) is 0 Å². The number of hydrogen-bond acceptors (Lipinski definition) is 3. The van der Waals surface area contributed by atoms with E-state index in [1.807, 2.05) is 26.0 Å². The summed E-state index contributed by atoms with van der Waals surface area (Å²) < 4.78 is 5.62. The van der Waals surface area contributed by atoms with Gasteiger partial charge in [0, 0.05) is 6.54 Å². The van der Waals surface area contributed by atoms with Gasteiger partial charge in [0.05, 0.1) is 6.10 Å². The van der Waals surface area contributed by atoms with Crippen molar-refractivity contribution in [2.45, 2.75) is 40.2 Å². The fraction of sp³-hybridized carbons (Fsp3) is 0.625. The van der Waals surface area contributed by atoms with Crippen molar-refractivity contribution in [1.82, 2.24) is 5.32 Å². The van der Waals surface area contributed by atoms with Gasteiger partial charge in [0.15, 0.2) is 0 Å². The molecule has 0 saturated heterocycles. The van der Waals surface area contributed by atoms with Crippen LogP contribution in [0.5, 0.6) is 5.75 Å². The van der Waals surface area contributed by atoms with E-state index in [9.17, 15) is 0 Å². The van der Waals surface area contributed by atoms with Crippen molar-refractivity contribution in [2.75, 3.05) is 19.6 Å². The monoisotopic (exact) mass is 264 g/mol. The van der Waals surface area contributed by atoms with Crippen molar-refractivity contribution in [3.8, 4) is 5.75 Å². The van der Waals surface area contributed by atoms with Gasteiger partial charge in [0.2, 0.25) is 0 Å². The lowest BCUT2D eigenvalue weighted by Crippen LogP contribution is -2.36. The molecule has 0 heterocycles. The number of nitrogens with two attached hydrogens (primary N) is 1. The lowest BCUT2D eigenvalue weighted by atomic mass is 9.94. The zero-order valence-electron chi connectivity index (χ0n) is 12.7. The molecule has 0 fully saturated rings. The van der Waals surface area contributed by atoms with Gasteiger partial charge in [-0.05, 0) is 56.5 Å². The van der Waals surface area contributed by atoms with Crippen LogP contribution < -0.4 is 15.8 Å². The SMILES string of the molecule is CC(C)Oc1ccc(CCNCC(C)(C)CN)cc1. The first-order valence-electron chi connectivity index (χ1n) is 7.09. The molecule has 0 aliphatic heterocycles. The Morgan fingerprint density at radius 1 is 1.21 bits per heavy atom. The van der Waals surface area contributed by atoms with Crippen molar-refractivity contribution in [3.05, 3.63) is 29.8 Å². The van der Waals surface area contributed by atoms with Gasteiger partial charge in [0.1, 0.15) is 5.75 Å². The highest BCUT2D eigenvalue weighted by atomic mass is 16.5. The Morgan fingerprint density at radius 2 is 1.84 bits per heavy atom. The zero-order chi connectivity index (χ0) is 14.3. The quantitative estimate of drug-likeness (QED) is 0.710. The van der Waals surface area contributed by atoms with Gasteiger partial charge in [0.25, 0.3) is 0 Å². The Kier molecular flexibility index (Phi) is 6.32. The van der Waals surface area contributed by atoms with E-state index in [0.29, 0.717) is 6.54 Å². The fourth-order valence-corrected chi connectivity index (χ4v) is 1.74. The Labute approximate surface area is 117 Å². The number of rotatable bonds is 8. The minimum absolute atomic E-state index is 0.176. The molecule has 3 N–H and O–H groups in total. The largest absolute Gasteiger partial charge is 0.491 e. The molecule has 0 aliphatic rings. The van der Waals surface area contributed by atoms with Crippen LogP contribution in [0.15, 0.2) is 24.3 Å². The lowest BCUT2D eigenvalue weighted by molar-refractivity contribution is 0.242. The molecule has 0 atom stereocenters. The molecule has 0 amide bonds. The summed E-state index contributed by atoms with van der Waals surface area (Å²) >= 11 is 0. The maximum Gasteiger partial charge on any atom is 0.119 e. The third-order valence-corrected chi connectivity index (χ3v) is 3.04. The first kappa shape index (κ1) is 16.0. The van der Waals surface area contributed by atoms with Crippen molar-refractivity contribution in [1.29, 1.82) is 0 Å². The molecule has 108 valence electrons. The summed E-state index contributed by atoms with van der Waals surface area (Å²) in [7, 11) is 0. The van der Waals surface area contributed by atoms with Crippen molar-refractivity contribution < 1.29 is 4.74 Å². The number of nitrogens with one attached hydrogen (secondary N) is 1. The molecule has 3 nitrogen and oxygen atoms in total. The Balaban J connectivity index is 2.30. The molecule has 0 aromatic heterocycles. The molecular weight excluding hydrogens is 236 g/mol. The highest BCUT2D eigenvalue weighted by molar-refractivity contribution is 5.27. The first-order chi connectivity index (χ1) is 8.93. The van der Waals surface area contributed by atoms with Crippen LogP contribution in [0.3, 0.4) is 0 Å². The second kappa shape index (κ2) is 7.51. The highest BCUT2D eigenvalue weighted by Crippen LogP contribution is 2.14. The summed E-state index contributed by atoms with van der Waals surface area (Å²) in [4.78, 5) is 0. The van der Waals surface area contributed by atoms with Crippen LogP contribution in [0.2, 0.25) is 0 Å². The van der Waals surface area contributed by atoms with E-state index in [2.05, 4.69) is 31.3 Å². The first-order valence-corrected chi connectivity index (χ1v) is 7.09. The van der Waals surface area contributed by atoms with Gasteiger partial charge < -0.3 is 15.8 Å². The molecule has 1 rings (SSSR count). The number of benzene rings is 1. The minimum atomic E-state index is 0.176. The second-order valence-corrected chi connectivity index (χ2v) is 6.11. The molecule has 1 aromatic rings. The fourth-order valence-electron chi connectivity index (χ4n) is 1.74. The van der Waals surface area contributed by atoms with Gasteiger partial charge in [-0.1, -0.05) is 26.0 Å². The van der Waals surface area contributed by atoms with Crippen LogP contribution in [0.4, 0.5) is 0 Å². The molecule has 0 aliphatic carbocycles. The Morgan fingerprint density at radius 3 is 2.37 bits per heavy atom.